The number of carbonyl (C=O) groups is 1. The number of benzene rings is 1. The summed E-state index contributed by atoms with van der Waals surface area (Å²) in [7, 11) is 0. The van der Waals surface area contributed by atoms with E-state index in [1.54, 1.807) is 12.3 Å². The SMILES string of the molecule is CCCN(Cc1ccco1)C(=O)C1CNNC1c1cccc(F)c1. The molecule has 1 fully saturated rings. The van der Waals surface area contributed by atoms with Crippen LogP contribution < -0.4 is 10.9 Å². The van der Waals surface area contributed by atoms with Crippen molar-refractivity contribution in [1.29, 1.82) is 0 Å². The second-order valence-corrected chi connectivity index (χ2v) is 6.00. The van der Waals surface area contributed by atoms with Gasteiger partial charge in [-0.1, -0.05) is 19.1 Å². The van der Waals surface area contributed by atoms with Crippen LogP contribution in [0.2, 0.25) is 0 Å². The van der Waals surface area contributed by atoms with Gasteiger partial charge in [-0.3, -0.25) is 10.2 Å². The van der Waals surface area contributed by atoms with Gasteiger partial charge in [-0.15, -0.1) is 0 Å². The van der Waals surface area contributed by atoms with Crippen LogP contribution in [0.4, 0.5) is 4.39 Å². The quantitative estimate of drug-likeness (QED) is 0.854. The molecule has 0 saturated carbocycles. The molecule has 1 saturated heterocycles. The van der Waals surface area contributed by atoms with Crippen molar-refractivity contribution in [3.8, 4) is 0 Å². The molecule has 0 spiro atoms. The van der Waals surface area contributed by atoms with Crippen LogP contribution in [0, 0.1) is 11.7 Å². The zero-order valence-corrected chi connectivity index (χ0v) is 13.7. The largest absolute Gasteiger partial charge is 0.467 e. The summed E-state index contributed by atoms with van der Waals surface area (Å²) in [4.78, 5) is 14.9. The number of nitrogens with one attached hydrogen (secondary N) is 2. The molecule has 1 aromatic heterocycles. The van der Waals surface area contributed by atoms with Crippen molar-refractivity contribution in [3.05, 3.63) is 59.8 Å². The maximum Gasteiger partial charge on any atom is 0.229 e. The average Bonchev–Trinajstić information content (AvgIpc) is 3.25. The molecule has 6 heteroatoms. The Labute approximate surface area is 140 Å². The number of carbonyl (C=O) groups excluding carboxylic acids is 1. The van der Waals surface area contributed by atoms with Gasteiger partial charge in [-0.05, 0) is 36.2 Å². The third kappa shape index (κ3) is 3.66. The minimum Gasteiger partial charge on any atom is -0.467 e. The summed E-state index contributed by atoms with van der Waals surface area (Å²) in [6.45, 7) is 3.66. The number of rotatable bonds is 6. The van der Waals surface area contributed by atoms with E-state index in [1.165, 1.54) is 12.1 Å². The van der Waals surface area contributed by atoms with E-state index in [4.69, 9.17) is 4.42 Å². The Balaban J connectivity index is 1.77. The number of halogens is 1. The van der Waals surface area contributed by atoms with E-state index in [0.717, 1.165) is 17.7 Å². The highest BCUT2D eigenvalue weighted by Gasteiger charge is 2.36. The second kappa shape index (κ2) is 7.59. The van der Waals surface area contributed by atoms with Crippen LogP contribution in [0.3, 0.4) is 0 Å². The maximum absolute atomic E-state index is 13.5. The van der Waals surface area contributed by atoms with Gasteiger partial charge in [-0.25, -0.2) is 9.82 Å². The highest BCUT2D eigenvalue weighted by atomic mass is 19.1. The van der Waals surface area contributed by atoms with Gasteiger partial charge in [0.05, 0.1) is 24.8 Å². The first-order chi connectivity index (χ1) is 11.7. The second-order valence-electron chi connectivity index (χ2n) is 6.00. The van der Waals surface area contributed by atoms with Gasteiger partial charge in [0.2, 0.25) is 5.91 Å². The first kappa shape index (κ1) is 16.7. The van der Waals surface area contributed by atoms with Gasteiger partial charge in [0.1, 0.15) is 11.6 Å². The van der Waals surface area contributed by atoms with E-state index in [9.17, 15) is 9.18 Å². The third-order valence-electron chi connectivity index (χ3n) is 4.24. The molecule has 1 aliphatic rings. The van der Waals surface area contributed by atoms with Crippen LogP contribution in [0.5, 0.6) is 0 Å². The van der Waals surface area contributed by atoms with Crippen molar-refractivity contribution in [3.63, 3.8) is 0 Å². The van der Waals surface area contributed by atoms with E-state index < -0.39 is 0 Å². The van der Waals surface area contributed by atoms with Crippen LogP contribution in [0.25, 0.3) is 0 Å². The van der Waals surface area contributed by atoms with Crippen LogP contribution >= 0.6 is 0 Å². The lowest BCUT2D eigenvalue weighted by atomic mass is 9.93. The van der Waals surface area contributed by atoms with E-state index in [1.807, 2.05) is 30.0 Å². The van der Waals surface area contributed by atoms with Crippen molar-refractivity contribution in [1.82, 2.24) is 15.8 Å². The van der Waals surface area contributed by atoms with Crippen LogP contribution in [-0.4, -0.2) is 23.9 Å². The number of hydrogen-bond donors (Lipinski definition) is 2. The molecule has 3 rings (SSSR count). The molecule has 2 N–H and O–H groups in total. The summed E-state index contributed by atoms with van der Waals surface area (Å²) in [6, 6.07) is 9.82. The van der Waals surface area contributed by atoms with E-state index >= 15 is 0 Å². The Hall–Kier alpha value is -2.18. The molecule has 5 nitrogen and oxygen atoms in total. The minimum absolute atomic E-state index is 0.0417. The van der Waals surface area contributed by atoms with Crippen LogP contribution in [0.15, 0.2) is 47.1 Å². The predicted molar refractivity (Wildman–Crippen MR) is 88.2 cm³/mol. The van der Waals surface area contributed by atoms with E-state index in [2.05, 4.69) is 10.9 Å². The Bertz CT molecular complexity index is 675. The van der Waals surface area contributed by atoms with Crippen molar-refractivity contribution in [2.45, 2.75) is 25.9 Å². The standard InChI is InChI=1S/C18H22FN3O2/c1-2-8-22(12-15-7-4-9-24-15)18(23)16-11-20-21-17(16)13-5-3-6-14(19)10-13/h3-7,9-10,16-17,20-21H,2,8,11-12H2,1H3. The Morgan fingerprint density at radius 2 is 2.25 bits per heavy atom. The summed E-state index contributed by atoms with van der Waals surface area (Å²) < 4.78 is 18.9. The first-order valence-corrected chi connectivity index (χ1v) is 8.24. The zero-order valence-electron chi connectivity index (χ0n) is 13.7. The maximum atomic E-state index is 13.5. The Kier molecular flexibility index (Phi) is 5.27. The fourth-order valence-corrected chi connectivity index (χ4v) is 3.11. The van der Waals surface area contributed by atoms with Crippen molar-refractivity contribution < 1.29 is 13.6 Å². The summed E-state index contributed by atoms with van der Waals surface area (Å²) in [5.74, 6) is 0.222. The fourth-order valence-electron chi connectivity index (χ4n) is 3.11. The van der Waals surface area contributed by atoms with Crippen molar-refractivity contribution >= 4 is 5.91 Å². The smallest absolute Gasteiger partial charge is 0.229 e. The van der Waals surface area contributed by atoms with Gasteiger partial charge < -0.3 is 9.32 Å². The molecule has 2 atom stereocenters. The lowest BCUT2D eigenvalue weighted by Crippen LogP contribution is -2.39. The lowest BCUT2D eigenvalue weighted by Gasteiger charge is -2.27. The number of hydrogen-bond acceptors (Lipinski definition) is 4. The predicted octanol–water partition coefficient (Wildman–Crippen LogP) is 2.62. The molecular formula is C18H22FN3O2. The molecular weight excluding hydrogens is 309 g/mol. The van der Waals surface area contributed by atoms with E-state index in [0.29, 0.717) is 19.6 Å². The summed E-state index contributed by atoms with van der Waals surface area (Å²) in [5.41, 5.74) is 6.90. The van der Waals surface area contributed by atoms with Crippen LogP contribution in [-0.2, 0) is 11.3 Å². The molecule has 2 unspecified atom stereocenters. The summed E-state index contributed by atoms with van der Waals surface area (Å²) >= 11 is 0. The highest BCUT2D eigenvalue weighted by Crippen LogP contribution is 2.27. The molecule has 1 aliphatic heterocycles. The fraction of sp³-hybridized carbons (Fsp3) is 0.389. The molecule has 2 heterocycles. The van der Waals surface area contributed by atoms with Gasteiger partial charge in [0.15, 0.2) is 0 Å². The Morgan fingerprint density at radius 1 is 1.38 bits per heavy atom. The topological polar surface area (TPSA) is 57.5 Å². The summed E-state index contributed by atoms with van der Waals surface area (Å²) in [6.07, 6.45) is 2.48. The summed E-state index contributed by atoms with van der Waals surface area (Å²) in [5, 5.41) is 0. The van der Waals surface area contributed by atoms with Gasteiger partial charge >= 0.3 is 0 Å². The Morgan fingerprint density at radius 3 is 2.96 bits per heavy atom. The minimum atomic E-state index is -0.298. The number of nitrogens with zero attached hydrogens (tertiary/aromatic N) is 1. The van der Waals surface area contributed by atoms with Gasteiger partial charge in [0.25, 0.3) is 0 Å². The van der Waals surface area contributed by atoms with Crippen molar-refractivity contribution in [2.24, 2.45) is 5.92 Å². The van der Waals surface area contributed by atoms with Gasteiger partial charge in [0, 0.05) is 13.1 Å². The normalized spacial score (nSPS) is 20.2. The molecule has 1 amide bonds. The molecule has 0 radical (unpaired) electrons. The molecule has 2 aromatic rings. The van der Waals surface area contributed by atoms with Crippen LogP contribution in [0.1, 0.15) is 30.7 Å². The third-order valence-corrected chi connectivity index (χ3v) is 4.24. The molecule has 0 bridgehead atoms. The van der Waals surface area contributed by atoms with Gasteiger partial charge in [-0.2, -0.15) is 0 Å². The zero-order chi connectivity index (χ0) is 16.9. The average molecular weight is 331 g/mol. The van der Waals surface area contributed by atoms with E-state index in [-0.39, 0.29) is 23.7 Å². The highest BCUT2D eigenvalue weighted by molar-refractivity contribution is 5.80. The molecule has 1 aromatic carbocycles. The lowest BCUT2D eigenvalue weighted by molar-refractivity contribution is -0.136. The number of amides is 1. The number of furan rings is 1. The molecule has 24 heavy (non-hydrogen) atoms. The monoisotopic (exact) mass is 331 g/mol. The molecule has 0 aliphatic carbocycles. The van der Waals surface area contributed by atoms with Crippen molar-refractivity contribution in [2.75, 3.05) is 13.1 Å². The number of hydrazine groups is 1. The first-order valence-electron chi connectivity index (χ1n) is 8.24. The molecule has 128 valence electrons.